The lowest BCUT2D eigenvalue weighted by Crippen LogP contribution is -2.47. The molecule has 1 aliphatic carbocycles. The highest BCUT2D eigenvalue weighted by atomic mass is 16.6. The fraction of sp³-hybridized carbons (Fsp3) is 0.533. The van der Waals surface area contributed by atoms with E-state index in [4.69, 9.17) is 14.2 Å². The maximum Gasteiger partial charge on any atom is 0.220 e. The molecule has 0 radical (unpaired) electrons. The number of rotatable bonds is 14. The lowest BCUT2D eigenvalue weighted by Gasteiger charge is -2.27. The molecule has 2 atom stereocenters. The number of fused-ring (bicyclic) bond motifs is 1. The maximum absolute atomic E-state index is 12.8. The highest BCUT2D eigenvalue weighted by Crippen LogP contribution is 2.33. The van der Waals surface area contributed by atoms with E-state index in [0.717, 1.165) is 31.4 Å². The molecule has 206 valence electrons. The molecule has 0 spiro atoms. The highest BCUT2D eigenvalue weighted by Gasteiger charge is 2.26. The molecular formula is C30H40N2O6. The van der Waals surface area contributed by atoms with Gasteiger partial charge in [-0.25, -0.2) is 0 Å². The van der Waals surface area contributed by atoms with Crippen molar-refractivity contribution in [2.24, 2.45) is 0 Å². The van der Waals surface area contributed by atoms with Gasteiger partial charge in [-0.3, -0.25) is 9.59 Å². The molecule has 0 aromatic heterocycles. The number of amides is 1. The smallest absolute Gasteiger partial charge is 0.220 e. The summed E-state index contributed by atoms with van der Waals surface area (Å²) in [4.78, 5) is 25.2. The average Bonchev–Trinajstić information content (AvgIpc) is 3.48. The normalized spacial score (nSPS) is 16.6. The highest BCUT2D eigenvalue weighted by molar-refractivity contribution is 5.96. The standard InChI is InChI=1S/C30H40N2O6/c1-36-24-14-11-21(12-15-24)26(33)9-3-2-4-10-29(34)32-25(20-31-23-7-5-6-8-23)30(35)22-13-16-27-28(19-22)38-18-17-37-27/h11-16,19,23,25,30-31,35H,2-10,17-18,20H2,1H3,(H,32,34)/t25-,30-/m1/s1. The van der Waals surface area contributed by atoms with Crippen LogP contribution < -0.4 is 24.8 Å². The number of ether oxygens (including phenoxy) is 3. The molecule has 8 heteroatoms. The lowest BCUT2D eigenvalue weighted by molar-refractivity contribution is -0.122. The molecule has 4 rings (SSSR count). The first-order valence-electron chi connectivity index (χ1n) is 13.8. The van der Waals surface area contributed by atoms with E-state index in [1.807, 2.05) is 12.1 Å². The van der Waals surface area contributed by atoms with Crippen molar-refractivity contribution in [1.29, 1.82) is 0 Å². The second-order valence-corrected chi connectivity index (χ2v) is 10.1. The van der Waals surface area contributed by atoms with Crippen LogP contribution in [0.3, 0.4) is 0 Å². The molecule has 8 nitrogen and oxygen atoms in total. The predicted molar refractivity (Wildman–Crippen MR) is 145 cm³/mol. The minimum atomic E-state index is -0.884. The van der Waals surface area contributed by atoms with Crippen LogP contribution in [0.4, 0.5) is 0 Å². The van der Waals surface area contributed by atoms with Crippen LogP contribution in [0, 0.1) is 0 Å². The summed E-state index contributed by atoms with van der Waals surface area (Å²) >= 11 is 0. The molecule has 1 aliphatic heterocycles. The van der Waals surface area contributed by atoms with Gasteiger partial charge in [-0.1, -0.05) is 25.3 Å². The number of Topliss-reactive ketones (excluding diaryl/α,β-unsaturated/α-hetero) is 1. The Morgan fingerprint density at radius 3 is 2.42 bits per heavy atom. The Hall–Kier alpha value is -3.10. The van der Waals surface area contributed by atoms with Gasteiger partial charge in [0.2, 0.25) is 5.91 Å². The first-order chi connectivity index (χ1) is 18.5. The zero-order valence-electron chi connectivity index (χ0n) is 22.2. The number of carbonyl (C=O) groups is 2. The number of ketones is 1. The summed E-state index contributed by atoms with van der Waals surface area (Å²) in [6.45, 7) is 1.47. The second kappa shape index (κ2) is 14.2. The Balaban J connectivity index is 1.25. The molecule has 38 heavy (non-hydrogen) atoms. The van der Waals surface area contributed by atoms with E-state index in [0.29, 0.717) is 67.7 Å². The lowest BCUT2D eigenvalue weighted by atomic mass is 10.00. The second-order valence-electron chi connectivity index (χ2n) is 10.1. The molecule has 2 aromatic carbocycles. The van der Waals surface area contributed by atoms with Crippen LogP contribution in [0.15, 0.2) is 42.5 Å². The fourth-order valence-corrected chi connectivity index (χ4v) is 5.09. The van der Waals surface area contributed by atoms with E-state index >= 15 is 0 Å². The van der Waals surface area contributed by atoms with Crippen molar-refractivity contribution in [3.8, 4) is 17.2 Å². The van der Waals surface area contributed by atoms with Crippen LogP contribution in [0.25, 0.3) is 0 Å². The van der Waals surface area contributed by atoms with Crippen molar-refractivity contribution in [2.75, 3.05) is 26.9 Å². The Labute approximate surface area is 225 Å². The zero-order valence-corrected chi connectivity index (χ0v) is 22.2. The number of benzene rings is 2. The maximum atomic E-state index is 12.8. The van der Waals surface area contributed by atoms with Gasteiger partial charge in [0.05, 0.1) is 13.2 Å². The summed E-state index contributed by atoms with van der Waals surface area (Å²) in [6, 6.07) is 12.5. The topological polar surface area (TPSA) is 106 Å². The van der Waals surface area contributed by atoms with Crippen molar-refractivity contribution in [3.05, 3.63) is 53.6 Å². The number of methoxy groups -OCH3 is 1. The zero-order chi connectivity index (χ0) is 26.7. The Kier molecular flexibility index (Phi) is 10.4. The van der Waals surface area contributed by atoms with E-state index in [1.54, 1.807) is 37.4 Å². The number of aliphatic hydroxyl groups is 1. The van der Waals surface area contributed by atoms with Crippen LogP contribution >= 0.6 is 0 Å². The van der Waals surface area contributed by atoms with E-state index in [1.165, 1.54) is 12.8 Å². The first kappa shape index (κ1) is 27.9. The van der Waals surface area contributed by atoms with Crippen molar-refractivity contribution in [1.82, 2.24) is 10.6 Å². The summed E-state index contributed by atoms with van der Waals surface area (Å²) in [5.41, 5.74) is 1.36. The third kappa shape index (κ3) is 7.95. The number of carbonyl (C=O) groups excluding carboxylic acids is 2. The van der Waals surface area contributed by atoms with Gasteiger partial charge in [-0.15, -0.1) is 0 Å². The molecular weight excluding hydrogens is 484 g/mol. The number of nitrogens with one attached hydrogen (secondary N) is 2. The molecule has 1 fully saturated rings. The minimum Gasteiger partial charge on any atom is -0.497 e. The summed E-state index contributed by atoms with van der Waals surface area (Å²) < 4.78 is 16.4. The molecule has 0 bridgehead atoms. The molecule has 1 heterocycles. The Bertz CT molecular complexity index is 1050. The summed E-state index contributed by atoms with van der Waals surface area (Å²) in [5.74, 6) is 2.01. The van der Waals surface area contributed by atoms with E-state index in [2.05, 4.69) is 10.6 Å². The summed E-state index contributed by atoms with van der Waals surface area (Å²) in [7, 11) is 1.60. The molecule has 2 aromatic rings. The summed E-state index contributed by atoms with van der Waals surface area (Å²) in [5, 5.41) is 17.8. The van der Waals surface area contributed by atoms with Crippen molar-refractivity contribution >= 4 is 11.7 Å². The largest absolute Gasteiger partial charge is 0.497 e. The van der Waals surface area contributed by atoms with Crippen LogP contribution in [0.5, 0.6) is 17.2 Å². The van der Waals surface area contributed by atoms with Crippen molar-refractivity contribution in [3.63, 3.8) is 0 Å². The third-order valence-corrected chi connectivity index (χ3v) is 7.34. The van der Waals surface area contributed by atoms with E-state index in [-0.39, 0.29) is 11.7 Å². The molecule has 1 saturated carbocycles. The van der Waals surface area contributed by atoms with E-state index < -0.39 is 12.1 Å². The van der Waals surface area contributed by atoms with Gasteiger partial charge in [0.25, 0.3) is 0 Å². The molecule has 3 N–H and O–H groups in total. The molecule has 1 amide bonds. The monoisotopic (exact) mass is 524 g/mol. The van der Waals surface area contributed by atoms with Crippen LogP contribution in [0.1, 0.15) is 79.8 Å². The van der Waals surface area contributed by atoms with Gasteiger partial charge >= 0.3 is 0 Å². The minimum absolute atomic E-state index is 0.0951. The average molecular weight is 525 g/mol. The number of aliphatic hydroxyl groups excluding tert-OH is 1. The first-order valence-corrected chi connectivity index (χ1v) is 13.8. The van der Waals surface area contributed by atoms with Crippen molar-refractivity contribution < 1.29 is 28.9 Å². The van der Waals surface area contributed by atoms with Gasteiger partial charge in [0, 0.05) is 31.0 Å². The van der Waals surface area contributed by atoms with Crippen LogP contribution in [0.2, 0.25) is 0 Å². The quantitative estimate of drug-likeness (QED) is 0.249. The van der Waals surface area contributed by atoms with Gasteiger partial charge in [0.1, 0.15) is 25.1 Å². The molecule has 0 saturated heterocycles. The fourth-order valence-electron chi connectivity index (χ4n) is 5.09. The Morgan fingerprint density at radius 2 is 1.68 bits per heavy atom. The van der Waals surface area contributed by atoms with Gasteiger partial charge in [-0.05, 0) is 67.6 Å². The van der Waals surface area contributed by atoms with Crippen molar-refractivity contribution in [2.45, 2.75) is 76.0 Å². The van der Waals surface area contributed by atoms with E-state index in [9.17, 15) is 14.7 Å². The Morgan fingerprint density at radius 1 is 0.974 bits per heavy atom. The van der Waals surface area contributed by atoms with Gasteiger partial charge in [0.15, 0.2) is 17.3 Å². The van der Waals surface area contributed by atoms with Crippen LogP contribution in [-0.2, 0) is 4.79 Å². The predicted octanol–water partition coefficient (Wildman–Crippen LogP) is 4.35. The third-order valence-electron chi connectivity index (χ3n) is 7.34. The van der Waals surface area contributed by atoms with Gasteiger partial charge < -0.3 is 30.0 Å². The molecule has 2 aliphatic rings. The molecule has 0 unspecified atom stereocenters. The SMILES string of the molecule is COc1ccc(C(=O)CCCCCC(=O)N[C@H](CNC2CCCC2)[C@H](O)c2ccc3c(c2)OCCO3)cc1. The summed E-state index contributed by atoms with van der Waals surface area (Å²) in [6.07, 6.45) is 6.77. The van der Waals surface area contributed by atoms with Gasteiger partial charge in [-0.2, -0.15) is 0 Å². The van der Waals surface area contributed by atoms with Crippen LogP contribution in [-0.4, -0.2) is 55.7 Å². The number of hydrogen-bond donors (Lipinski definition) is 3. The number of hydrogen-bond acceptors (Lipinski definition) is 7. The number of unbranched alkanes of at least 4 members (excludes halogenated alkanes) is 2.